The van der Waals surface area contributed by atoms with Gasteiger partial charge in [0.1, 0.15) is 0 Å². The van der Waals surface area contributed by atoms with Gasteiger partial charge in [0.2, 0.25) is 10.0 Å². The van der Waals surface area contributed by atoms with Gasteiger partial charge in [-0.05, 0) is 43.4 Å². The Kier molecular flexibility index (Phi) is 5.81. The monoisotopic (exact) mass is 339 g/mol. The maximum atomic E-state index is 12.8. The molecule has 0 aliphatic carbocycles. The smallest absolute Gasteiger partial charge is 0.310 e. The second kappa shape index (κ2) is 7.45. The fourth-order valence-corrected chi connectivity index (χ4v) is 4.31. The van der Waals surface area contributed by atoms with Crippen LogP contribution in [0.25, 0.3) is 0 Å². The Labute approximate surface area is 138 Å². The minimum absolute atomic E-state index is 0.201. The molecule has 1 aromatic carbocycles. The summed E-state index contributed by atoms with van der Waals surface area (Å²) in [6.07, 6.45) is 1.35. The van der Waals surface area contributed by atoms with Crippen LogP contribution in [0.4, 0.5) is 0 Å². The number of ether oxygens (including phenoxy) is 1. The van der Waals surface area contributed by atoms with Crippen molar-refractivity contribution in [3.8, 4) is 0 Å². The fourth-order valence-electron chi connectivity index (χ4n) is 2.79. The van der Waals surface area contributed by atoms with Crippen molar-refractivity contribution in [3.63, 3.8) is 0 Å². The Balaban J connectivity index is 2.16. The zero-order valence-electron chi connectivity index (χ0n) is 14.0. The van der Waals surface area contributed by atoms with Crippen LogP contribution >= 0.6 is 0 Å². The van der Waals surface area contributed by atoms with Crippen LogP contribution in [0.5, 0.6) is 0 Å². The molecule has 1 aliphatic heterocycles. The summed E-state index contributed by atoms with van der Waals surface area (Å²) in [4.78, 5) is 12.2. The Morgan fingerprint density at radius 3 is 2.52 bits per heavy atom. The summed E-state index contributed by atoms with van der Waals surface area (Å²) in [7, 11) is -3.56. The number of esters is 1. The van der Waals surface area contributed by atoms with Crippen LogP contribution in [-0.2, 0) is 19.6 Å². The van der Waals surface area contributed by atoms with E-state index >= 15 is 0 Å². The summed E-state index contributed by atoms with van der Waals surface area (Å²) in [6.45, 7) is 6.86. The minimum atomic E-state index is -3.56. The van der Waals surface area contributed by atoms with E-state index in [1.54, 1.807) is 19.1 Å². The van der Waals surface area contributed by atoms with Gasteiger partial charge in [-0.1, -0.05) is 26.0 Å². The third-order valence-corrected chi connectivity index (χ3v) is 6.07. The molecule has 0 unspecified atom stereocenters. The lowest BCUT2D eigenvalue weighted by molar-refractivity contribution is -0.149. The van der Waals surface area contributed by atoms with Crippen molar-refractivity contribution >= 4 is 16.0 Å². The molecule has 1 aromatic rings. The first kappa shape index (κ1) is 17.9. The molecule has 0 N–H and O–H groups in total. The van der Waals surface area contributed by atoms with Gasteiger partial charge < -0.3 is 4.74 Å². The molecular weight excluding hydrogens is 314 g/mol. The molecule has 0 saturated carbocycles. The van der Waals surface area contributed by atoms with E-state index in [1.165, 1.54) is 4.31 Å². The van der Waals surface area contributed by atoms with Crippen LogP contribution < -0.4 is 0 Å². The van der Waals surface area contributed by atoms with Gasteiger partial charge in [0, 0.05) is 13.1 Å². The Morgan fingerprint density at radius 2 is 1.96 bits per heavy atom. The molecular formula is C17H25NO4S. The summed E-state index contributed by atoms with van der Waals surface area (Å²) in [6, 6.07) is 7.01. The van der Waals surface area contributed by atoms with Crippen LogP contribution in [0.15, 0.2) is 29.2 Å². The highest BCUT2D eigenvalue weighted by atomic mass is 32.2. The summed E-state index contributed by atoms with van der Waals surface area (Å²) in [5.41, 5.74) is 1.10. The van der Waals surface area contributed by atoms with Gasteiger partial charge in [-0.2, -0.15) is 4.31 Å². The third kappa shape index (κ3) is 4.12. The van der Waals surface area contributed by atoms with E-state index in [0.717, 1.165) is 5.56 Å². The normalized spacial score (nSPS) is 19.7. The molecule has 1 atom stereocenters. The largest absolute Gasteiger partial charge is 0.466 e. The average molecular weight is 339 g/mol. The lowest BCUT2D eigenvalue weighted by atomic mass is 10.0. The molecule has 1 fully saturated rings. The van der Waals surface area contributed by atoms with E-state index in [1.807, 2.05) is 12.1 Å². The molecule has 5 nitrogen and oxygen atoms in total. The quantitative estimate of drug-likeness (QED) is 0.774. The maximum Gasteiger partial charge on any atom is 0.310 e. The topological polar surface area (TPSA) is 63.7 Å². The first-order valence-corrected chi connectivity index (χ1v) is 9.57. The van der Waals surface area contributed by atoms with Gasteiger partial charge in [0.25, 0.3) is 0 Å². The highest BCUT2D eigenvalue weighted by Crippen LogP contribution is 2.25. The Bertz CT molecular complexity index is 637. The van der Waals surface area contributed by atoms with Crippen molar-refractivity contribution in [2.24, 2.45) is 5.92 Å². The number of sulfonamides is 1. The van der Waals surface area contributed by atoms with E-state index in [2.05, 4.69) is 13.8 Å². The first-order valence-electron chi connectivity index (χ1n) is 8.13. The Morgan fingerprint density at radius 1 is 1.30 bits per heavy atom. The average Bonchev–Trinajstić information content (AvgIpc) is 2.55. The summed E-state index contributed by atoms with van der Waals surface area (Å²) >= 11 is 0. The molecule has 0 spiro atoms. The summed E-state index contributed by atoms with van der Waals surface area (Å²) in [5, 5.41) is 0. The number of benzene rings is 1. The van der Waals surface area contributed by atoms with E-state index < -0.39 is 10.0 Å². The molecule has 0 radical (unpaired) electrons. The summed E-state index contributed by atoms with van der Waals surface area (Å²) in [5.74, 6) is -0.314. The van der Waals surface area contributed by atoms with Crippen molar-refractivity contribution < 1.29 is 17.9 Å². The number of piperidine rings is 1. The maximum absolute atomic E-state index is 12.8. The van der Waals surface area contributed by atoms with Gasteiger partial charge in [0.15, 0.2) is 0 Å². The Hall–Kier alpha value is -1.40. The molecule has 1 aliphatic rings. The minimum Gasteiger partial charge on any atom is -0.466 e. The predicted molar refractivity (Wildman–Crippen MR) is 88.6 cm³/mol. The number of hydrogen-bond donors (Lipinski definition) is 0. The van der Waals surface area contributed by atoms with Crippen molar-refractivity contribution in [1.82, 2.24) is 4.31 Å². The number of hydrogen-bond acceptors (Lipinski definition) is 4. The van der Waals surface area contributed by atoms with Gasteiger partial charge in [0.05, 0.1) is 17.4 Å². The van der Waals surface area contributed by atoms with Crippen molar-refractivity contribution in [1.29, 1.82) is 0 Å². The molecule has 23 heavy (non-hydrogen) atoms. The first-order chi connectivity index (χ1) is 10.9. The van der Waals surface area contributed by atoms with E-state index in [9.17, 15) is 13.2 Å². The van der Waals surface area contributed by atoms with E-state index in [4.69, 9.17) is 4.74 Å². The number of rotatable bonds is 5. The van der Waals surface area contributed by atoms with E-state index in [-0.39, 0.29) is 23.3 Å². The molecule has 6 heteroatoms. The lowest BCUT2D eigenvalue weighted by Gasteiger charge is -2.30. The van der Waals surface area contributed by atoms with Crippen LogP contribution in [0.1, 0.15) is 45.1 Å². The lowest BCUT2D eigenvalue weighted by Crippen LogP contribution is -2.42. The molecule has 128 valence electrons. The van der Waals surface area contributed by atoms with E-state index in [0.29, 0.717) is 31.9 Å². The van der Waals surface area contributed by atoms with Gasteiger partial charge in [-0.15, -0.1) is 0 Å². The highest BCUT2D eigenvalue weighted by Gasteiger charge is 2.33. The van der Waals surface area contributed by atoms with Crippen molar-refractivity contribution in [2.45, 2.75) is 44.4 Å². The predicted octanol–water partition coefficient (Wildman–Crippen LogP) is 2.77. The van der Waals surface area contributed by atoms with Crippen LogP contribution in [-0.4, -0.2) is 38.4 Å². The van der Waals surface area contributed by atoms with Gasteiger partial charge in [-0.3, -0.25) is 4.79 Å². The van der Waals surface area contributed by atoms with Crippen LogP contribution in [0.3, 0.4) is 0 Å². The highest BCUT2D eigenvalue weighted by molar-refractivity contribution is 7.89. The van der Waals surface area contributed by atoms with Crippen LogP contribution in [0.2, 0.25) is 0 Å². The van der Waals surface area contributed by atoms with Gasteiger partial charge >= 0.3 is 5.97 Å². The fraction of sp³-hybridized carbons (Fsp3) is 0.588. The second-order valence-corrected chi connectivity index (χ2v) is 8.12. The number of carbonyl (C=O) groups is 1. The van der Waals surface area contributed by atoms with Gasteiger partial charge in [-0.25, -0.2) is 8.42 Å². The molecule has 1 saturated heterocycles. The molecule has 0 aromatic heterocycles. The molecule has 1 heterocycles. The zero-order chi connectivity index (χ0) is 17.0. The SMILES string of the molecule is CCOC(=O)[C@@H]1CCCN(S(=O)(=O)c2ccc(C(C)C)cc2)C1. The number of carbonyl (C=O) groups excluding carboxylic acids is 1. The van der Waals surface area contributed by atoms with Crippen molar-refractivity contribution in [2.75, 3.05) is 19.7 Å². The standard InChI is InChI=1S/C17H25NO4S/c1-4-22-17(19)15-6-5-11-18(12-15)23(20,21)16-9-7-14(8-10-16)13(2)3/h7-10,13,15H,4-6,11-12H2,1-3H3/t15-/m1/s1. The van der Waals surface area contributed by atoms with Crippen LogP contribution in [0, 0.1) is 5.92 Å². The second-order valence-electron chi connectivity index (χ2n) is 6.18. The zero-order valence-corrected chi connectivity index (χ0v) is 14.8. The number of nitrogens with zero attached hydrogens (tertiary/aromatic N) is 1. The molecule has 0 amide bonds. The van der Waals surface area contributed by atoms with Crippen molar-refractivity contribution in [3.05, 3.63) is 29.8 Å². The molecule has 0 bridgehead atoms. The third-order valence-electron chi connectivity index (χ3n) is 4.19. The molecule has 2 rings (SSSR count). The summed E-state index contributed by atoms with van der Waals surface area (Å²) < 4.78 is 32.0.